The normalized spacial score (nSPS) is 10.7. The highest BCUT2D eigenvalue weighted by Crippen LogP contribution is 2.38. The van der Waals surface area contributed by atoms with Gasteiger partial charge in [-0.2, -0.15) is 0 Å². The lowest BCUT2D eigenvalue weighted by Crippen LogP contribution is -1.96. The molecule has 0 saturated carbocycles. The fourth-order valence-electron chi connectivity index (χ4n) is 1.87. The molecule has 0 aliphatic heterocycles. The Balaban J connectivity index is 2.19. The molecule has 0 amide bonds. The molecule has 0 bridgehead atoms. The van der Waals surface area contributed by atoms with E-state index in [4.69, 9.17) is 21.1 Å². The molecular formula is C14H8ClNO3S. The van der Waals surface area contributed by atoms with Crippen LogP contribution in [0.3, 0.4) is 0 Å². The quantitative estimate of drug-likeness (QED) is 0.778. The number of rotatable bonds is 3. The van der Waals surface area contributed by atoms with Crippen molar-refractivity contribution in [3.8, 4) is 21.9 Å². The summed E-state index contributed by atoms with van der Waals surface area (Å²) in [6, 6.07) is 9.35. The van der Waals surface area contributed by atoms with Crippen molar-refractivity contribution in [2.45, 2.75) is 0 Å². The fraction of sp³-hybridized carbons (Fsp3) is 0. The topological polar surface area (TPSA) is 63.3 Å². The van der Waals surface area contributed by atoms with E-state index in [-0.39, 0.29) is 11.6 Å². The zero-order valence-corrected chi connectivity index (χ0v) is 11.6. The highest BCUT2D eigenvalue weighted by molar-refractivity contribution is 7.13. The van der Waals surface area contributed by atoms with E-state index in [0.717, 1.165) is 16.7 Å². The third-order valence-electron chi connectivity index (χ3n) is 2.74. The first-order valence-corrected chi connectivity index (χ1v) is 6.94. The van der Waals surface area contributed by atoms with Gasteiger partial charge in [-0.15, -0.1) is 11.3 Å². The van der Waals surface area contributed by atoms with Gasteiger partial charge in [0.25, 0.3) is 0 Å². The van der Waals surface area contributed by atoms with Crippen LogP contribution < -0.4 is 0 Å². The summed E-state index contributed by atoms with van der Waals surface area (Å²) in [6.45, 7) is 0. The maximum atomic E-state index is 10.9. The number of carbonyl (C=O) groups is 1. The Bertz CT molecular complexity index is 765. The van der Waals surface area contributed by atoms with Crippen molar-refractivity contribution in [3.63, 3.8) is 0 Å². The first-order chi connectivity index (χ1) is 9.66. The average Bonchev–Trinajstić information content (AvgIpc) is 3.10. The summed E-state index contributed by atoms with van der Waals surface area (Å²) in [5.41, 5.74) is 1.33. The molecule has 0 aliphatic carbocycles. The largest absolute Gasteiger partial charge is 0.476 e. The summed E-state index contributed by atoms with van der Waals surface area (Å²) in [7, 11) is 0. The van der Waals surface area contributed by atoms with Crippen molar-refractivity contribution in [3.05, 3.63) is 52.7 Å². The summed E-state index contributed by atoms with van der Waals surface area (Å²) >= 11 is 7.79. The molecule has 4 nitrogen and oxygen atoms in total. The van der Waals surface area contributed by atoms with Gasteiger partial charge in [0.2, 0.25) is 5.89 Å². The van der Waals surface area contributed by atoms with Gasteiger partial charge in [-0.05, 0) is 17.5 Å². The number of hydrogen-bond donors (Lipinski definition) is 1. The van der Waals surface area contributed by atoms with E-state index in [1.807, 2.05) is 29.6 Å². The second-order valence-corrected chi connectivity index (χ2v) is 5.34. The third-order valence-corrected chi connectivity index (χ3v) is 3.96. The van der Waals surface area contributed by atoms with E-state index < -0.39 is 5.97 Å². The Morgan fingerprint density at radius 1 is 1.30 bits per heavy atom. The second-order valence-electron chi connectivity index (χ2n) is 3.98. The van der Waals surface area contributed by atoms with Crippen molar-refractivity contribution in [1.29, 1.82) is 0 Å². The Hall–Kier alpha value is -2.11. The second kappa shape index (κ2) is 5.11. The number of carboxylic acids is 1. The molecule has 0 unspecified atom stereocenters. The highest BCUT2D eigenvalue weighted by Gasteiger charge is 2.18. The number of hydrogen-bond acceptors (Lipinski definition) is 4. The van der Waals surface area contributed by atoms with E-state index in [2.05, 4.69) is 4.98 Å². The van der Waals surface area contributed by atoms with Gasteiger partial charge in [0.15, 0.2) is 5.69 Å². The lowest BCUT2D eigenvalue weighted by atomic mass is 10.1. The van der Waals surface area contributed by atoms with Crippen molar-refractivity contribution in [2.24, 2.45) is 0 Å². The van der Waals surface area contributed by atoms with Crippen LogP contribution in [0.1, 0.15) is 10.5 Å². The minimum atomic E-state index is -1.13. The summed E-state index contributed by atoms with van der Waals surface area (Å²) in [4.78, 5) is 15.9. The number of aromatic nitrogens is 1. The van der Waals surface area contributed by atoms with Crippen LogP contribution in [0.2, 0.25) is 5.02 Å². The third kappa shape index (κ3) is 2.21. The first kappa shape index (κ1) is 12.9. The highest BCUT2D eigenvalue weighted by atomic mass is 35.5. The summed E-state index contributed by atoms with van der Waals surface area (Å²) in [5.74, 6) is -0.930. The van der Waals surface area contributed by atoms with Gasteiger partial charge < -0.3 is 9.52 Å². The number of oxazole rings is 1. The molecule has 2 heterocycles. The van der Waals surface area contributed by atoms with Gasteiger partial charge in [-0.25, -0.2) is 9.78 Å². The van der Waals surface area contributed by atoms with Gasteiger partial charge in [-0.3, -0.25) is 0 Å². The van der Waals surface area contributed by atoms with Crippen LogP contribution in [-0.4, -0.2) is 16.1 Å². The number of aromatic carboxylic acids is 1. The average molecular weight is 306 g/mol. The van der Waals surface area contributed by atoms with E-state index in [1.54, 1.807) is 17.4 Å². The number of benzene rings is 1. The van der Waals surface area contributed by atoms with Gasteiger partial charge in [0.1, 0.15) is 6.26 Å². The van der Waals surface area contributed by atoms with Gasteiger partial charge in [-0.1, -0.05) is 29.8 Å². The maximum absolute atomic E-state index is 10.9. The Kier molecular flexibility index (Phi) is 3.30. The summed E-state index contributed by atoms with van der Waals surface area (Å²) < 4.78 is 5.26. The minimum absolute atomic E-state index is 0.142. The zero-order valence-electron chi connectivity index (χ0n) is 10.0. The molecule has 1 N–H and O–H groups in total. The van der Waals surface area contributed by atoms with Crippen LogP contribution in [0, 0.1) is 0 Å². The van der Waals surface area contributed by atoms with Crippen LogP contribution in [-0.2, 0) is 0 Å². The van der Waals surface area contributed by atoms with E-state index in [9.17, 15) is 4.79 Å². The van der Waals surface area contributed by atoms with Crippen molar-refractivity contribution in [1.82, 2.24) is 4.98 Å². The van der Waals surface area contributed by atoms with Gasteiger partial charge in [0, 0.05) is 10.4 Å². The minimum Gasteiger partial charge on any atom is -0.476 e. The zero-order chi connectivity index (χ0) is 14.1. The molecule has 3 rings (SSSR count). The van der Waals surface area contributed by atoms with Crippen molar-refractivity contribution >= 4 is 28.9 Å². The number of halogens is 1. The molecule has 6 heteroatoms. The Morgan fingerprint density at radius 3 is 2.80 bits per heavy atom. The fourth-order valence-corrected chi connectivity index (χ4v) is 2.88. The van der Waals surface area contributed by atoms with E-state index >= 15 is 0 Å². The molecule has 0 saturated heterocycles. The van der Waals surface area contributed by atoms with Crippen LogP contribution in [0.25, 0.3) is 21.9 Å². The number of carboxylic acid groups (broad SMARTS) is 1. The van der Waals surface area contributed by atoms with Gasteiger partial charge in [0.05, 0.1) is 10.6 Å². The Labute approximate surface area is 123 Å². The smallest absolute Gasteiger partial charge is 0.357 e. The number of thiophene rings is 1. The van der Waals surface area contributed by atoms with Crippen LogP contribution in [0.5, 0.6) is 0 Å². The lowest BCUT2D eigenvalue weighted by Gasteiger charge is -2.06. The maximum Gasteiger partial charge on any atom is 0.357 e. The SMILES string of the molecule is O=C(O)c1coc(-c2c(Cl)cccc2-c2cccs2)n1. The van der Waals surface area contributed by atoms with E-state index in [1.165, 1.54) is 0 Å². The number of nitrogens with zero attached hydrogens (tertiary/aromatic N) is 1. The predicted octanol–water partition coefficient (Wildman–Crippen LogP) is 4.42. The molecule has 20 heavy (non-hydrogen) atoms. The summed E-state index contributed by atoms with van der Waals surface area (Å²) in [6.07, 6.45) is 1.11. The molecule has 0 spiro atoms. The molecule has 2 aromatic heterocycles. The predicted molar refractivity (Wildman–Crippen MR) is 77.2 cm³/mol. The standard InChI is InChI=1S/C14H8ClNO3S/c15-9-4-1-3-8(11-5-2-6-20-11)12(9)13-16-10(7-19-13)14(17)18/h1-7H,(H,17,18). The van der Waals surface area contributed by atoms with E-state index in [0.29, 0.717) is 10.6 Å². The lowest BCUT2D eigenvalue weighted by molar-refractivity contribution is 0.0690. The molecule has 0 atom stereocenters. The summed E-state index contributed by atoms with van der Waals surface area (Å²) in [5, 5.41) is 11.3. The first-order valence-electron chi connectivity index (χ1n) is 5.68. The Morgan fingerprint density at radius 2 is 2.15 bits per heavy atom. The molecule has 0 fully saturated rings. The molecule has 100 valence electrons. The van der Waals surface area contributed by atoms with Crippen molar-refractivity contribution < 1.29 is 14.3 Å². The molecule has 1 aromatic carbocycles. The molecule has 0 aliphatic rings. The van der Waals surface area contributed by atoms with Crippen LogP contribution >= 0.6 is 22.9 Å². The van der Waals surface area contributed by atoms with Gasteiger partial charge >= 0.3 is 5.97 Å². The molecule has 0 radical (unpaired) electrons. The van der Waals surface area contributed by atoms with Crippen molar-refractivity contribution in [2.75, 3.05) is 0 Å². The molecular weight excluding hydrogens is 298 g/mol. The molecule has 3 aromatic rings. The van der Waals surface area contributed by atoms with Crippen LogP contribution in [0.4, 0.5) is 0 Å². The monoisotopic (exact) mass is 305 g/mol. The van der Waals surface area contributed by atoms with Crippen LogP contribution in [0.15, 0.2) is 46.4 Å².